The molecule has 0 radical (unpaired) electrons. The molecule has 302 valence electrons. The summed E-state index contributed by atoms with van der Waals surface area (Å²) in [7, 11) is -11.0. The van der Waals surface area contributed by atoms with Crippen LogP contribution < -0.4 is 25.0 Å². The lowest BCUT2D eigenvalue weighted by Gasteiger charge is -2.34. The van der Waals surface area contributed by atoms with Crippen molar-refractivity contribution in [3.05, 3.63) is 52.5 Å². The molecule has 0 saturated heterocycles. The van der Waals surface area contributed by atoms with Crippen LogP contribution >= 0.6 is 22.7 Å². The molecule has 0 amide bonds. The van der Waals surface area contributed by atoms with Gasteiger partial charge in [-0.3, -0.25) is 9.44 Å². The Labute approximate surface area is 321 Å². The van der Waals surface area contributed by atoms with E-state index in [-0.39, 0.29) is 22.2 Å². The molecular formula is C30H37F6N11O4S4. The minimum absolute atomic E-state index is 0.0214. The zero-order valence-corrected chi connectivity index (χ0v) is 32.9. The molecule has 2 aromatic heterocycles. The maximum absolute atomic E-state index is 12.9. The van der Waals surface area contributed by atoms with Crippen LogP contribution in [0.4, 0.5) is 65.0 Å². The van der Waals surface area contributed by atoms with Gasteiger partial charge in [0.05, 0.1) is 11.4 Å². The third-order valence-electron chi connectivity index (χ3n) is 8.00. The first-order valence-electron chi connectivity index (χ1n) is 16.3. The number of nitrogens with zero attached hydrogens (tertiary/aromatic N) is 8. The van der Waals surface area contributed by atoms with E-state index < -0.39 is 31.1 Å². The highest BCUT2D eigenvalue weighted by molar-refractivity contribution is 7.93. The van der Waals surface area contributed by atoms with Gasteiger partial charge in [0.15, 0.2) is 0 Å². The van der Waals surface area contributed by atoms with Gasteiger partial charge in [0.1, 0.15) is 16.7 Å². The minimum Gasteiger partial charge on any atom is -0.374 e. The van der Waals surface area contributed by atoms with Crippen molar-refractivity contribution in [3.63, 3.8) is 0 Å². The molecule has 2 unspecified atom stereocenters. The van der Waals surface area contributed by atoms with Gasteiger partial charge in [0.25, 0.3) is 5.13 Å². The van der Waals surface area contributed by atoms with Gasteiger partial charge in [-0.25, -0.2) is 0 Å². The SMILES string of the molecule is CCN1CC(C)Cc2cc(N=Nc3nncs3)c(NS(=O)(=O)C(F)(F)F)cc21.CCN1CC(C)Cc2ccc(NS(=O)(=O)C(F)(F)F)cc21.Nc1nncs1. The summed E-state index contributed by atoms with van der Waals surface area (Å²) in [4.78, 5) is 4.02. The van der Waals surface area contributed by atoms with Gasteiger partial charge in [-0.05, 0) is 73.9 Å². The molecule has 2 aromatic carbocycles. The molecule has 4 aromatic rings. The van der Waals surface area contributed by atoms with Gasteiger partial charge >= 0.3 is 31.1 Å². The predicted molar refractivity (Wildman–Crippen MR) is 200 cm³/mol. The molecule has 2 atom stereocenters. The summed E-state index contributed by atoms with van der Waals surface area (Å²) >= 11 is 2.42. The van der Waals surface area contributed by atoms with Crippen LogP contribution in [0.3, 0.4) is 0 Å². The van der Waals surface area contributed by atoms with Crippen LogP contribution in [0.1, 0.15) is 38.8 Å². The van der Waals surface area contributed by atoms with Crippen molar-refractivity contribution >= 4 is 81.4 Å². The van der Waals surface area contributed by atoms with Crippen molar-refractivity contribution in [2.45, 2.75) is 51.6 Å². The van der Waals surface area contributed by atoms with E-state index >= 15 is 0 Å². The number of aromatic nitrogens is 4. The van der Waals surface area contributed by atoms with Gasteiger partial charge < -0.3 is 15.5 Å². The van der Waals surface area contributed by atoms with Crippen molar-refractivity contribution in [2.24, 2.45) is 22.1 Å². The van der Waals surface area contributed by atoms with E-state index in [1.165, 1.54) is 35.0 Å². The number of anilines is 5. The largest absolute Gasteiger partial charge is 0.516 e. The van der Waals surface area contributed by atoms with Crippen molar-refractivity contribution < 1.29 is 43.2 Å². The summed E-state index contributed by atoms with van der Waals surface area (Å²) in [6.07, 6.45) is 1.53. The van der Waals surface area contributed by atoms with Crippen molar-refractivity contribution in [2.75, 3.05) is 51.2 Å². The van der Waals surface area contributed by atoms with Crippen LogP contribution in [-0.2, 0) is 32.9 Å². The number of hydrogen-bond acceptors (Lipinski definition) is 15. The molecule has 15 nitrogen and oxygen atoms in total. The first-order chi connectivity index (χ1) is 25.6. The number of nitrogens with one attached hydrogen (secondary N) is 2. The number of benzene rings is 2. The number of halogens is 6. The number of rotatable bonds is 8. The molecule has 0 bridgehead atoms. The van der Waals surface area contributed by atoms with Gasteiger partial charge in [-0.2, -0.15) is 43.2 Å². The number of sulfonamides is 2. The third kappa shape index (κ3) is 11.3. The normalized spacial score (nSPS) is 17.3. The van der Waals surface area contributed by atoms with Crippen molar-refractivity contribution in [1.29, 1.82) is 0 Å². The second kappa shape index (κ2) is 17.6. The molecule has 4 heterocycles. The average molecular weight is 858 g/mol. The fourth-order valence-corrected chi connectivity index (χ4v) is 7.46. The minimum atomic E-state index is -5.60. The van der Waals surface area contributed by atoms with Crippen LogP contribution in [-0.4, -0.2) is 74.4 Å². The average Bonchev–Trinajstić information content (AvgIpc) is 3.80. The molecule has 4 N–H and O–H groups in total. The fraction of sp³-hybridized carbons (Fsp3) is 0.467. The van der Waals surface area contributed by atoms with Gasteiger partial charge in [0, 0.05) is 37.6 Å². The van der Waals surface area contributed by atoms with E-state index in [1.807, 2.05) is 23.6 Å². The fourth-order valence-electron chi connectivity index (χ4n) is 5.67. The van der Waals surface area contributed by atoms with Gasteiger partial charge in [0.2, 0.25) is 5.13 Å². The van der Waals surface area contributed by atoms with E-state index in [0.717, 1.165) is 47.7 Å². The van der Waals surface area contributed by atoms with Crippen molar-refractivity contribution in [1.82, 2.24) is 20.4 Å². The Kier molecular flexibility index (Phi) is 13.9. The topological polar surface area (TPSA) is 201 Å². The first-order valence-corrected chi connectivity index (χ1v) is 21.0. The molecule has 2 aliphatic rings. The summed E-state index contributed by atoms with van der Waals surface area (Å²) in [6, 6.07) is 7.46. The molecule has 0 aliphatic carbocycles. The Bertz CT molecular complexity index is 2140. The predicted octanol–water partition coefficient (Wildman–Crippen LogP) is 7.32. The number of hydrogen-bond donors (Lipinski definition) is 3. The van der Waals surface area contributed by atoms with Crippen LogP contribution in [0, 0.1) is 11.8 Å². The molecule has 6 rings (SSSR count). The third-order valence-corrected chi connectivity index (χ3v) is 11.3. The lowest BCUT2D eigenvalue weighted by molar-refractivity contribution is -0.0435. The van der Waals surface area contributed by atoms with E-state index in [9.17, 15) is 43.2 Å². The molecule has 2 aliphatic heterocycles. The van der Waals surface area contributed by atoms with Crippen LogP contribution in [0.5, 0.6) is 0 Å². The smallest absolute Gasteiger partial charge is 0.374 e. The second-order valence-electron chi connectivity index (χ2n) is 12.3. The maximum atomic E-state index is 12.9. The highest BCUT2D eigenvalue weighted by atomic mass is 32.2. The second-order valence-corrected chi connectivity index (χ2v) is 17.4. The first kappa shape index (κ1) is 43.4. The Hall–Kier alpha value is -4.36. The van der Waals surface area contributed by atoms with E-state index in [4.69, 9.17) is 5.73 Å². The van der Waals surface area contributed by atoms with Gasteiger partial charge in [-0.15, -0.1) is 30.6 Å². The Morgan fingerprint density at radius 2 is 1.33 bits per heavy atom. The lowest BCUT2D eigenvalue weighted by Crippen LogP contribution is -2.34. The quantitative estimate of drug-likeness (QED) is 0.118. The maximum Gasteiger partial charge on any atom is 0.516 e. The molecular weight excluding hydrogens is 821 g/mol. The van der Waals surface area contributed by atoms with E-state index in [2.05, 4.69) is 44.5 Å². The standard InChI is InChI=1S/C15H17F3N6O2S2.C13H17F3N2O2S.C2H3N3S/c1-3-24-7-9(2)4-10-5-11(20-22-14-21-19-8-27-14)12(6-13(10)24)23-28(25,26)15(16,17)18;1-3-18-8-9(2)6-10-4-5-11(7-12(10)18)17-21(19,20)13(14,15)16;3-2-5-4-1-6-2/h5-6,8-9,23H,3-4,7H2,1-2H3;4-5,7,9,17H,3,6,8H2,1-2H3;1H,(H2,3,5). The summed E-state index contributed by atoms with van der Waals surface area (Å²) < 4.78 is 124. The van der Waals surface area contributed by atoms with E-state index in [0.29, 0.717) is 42.2 Å². The number of nitrogens with two attached hydrogens (primary N) is 1. The molecule has 0 spiro atoms. The van der Waals surface area contributed by atoms with Crippen molar-refractivity contribution in [3.8, 4) is 0 Å². The molecule has 0 saturated carbocycles. The highest BCUT2D eigenvalue weighted by Gasteiger charge is 2.47. The van der Waals surface area contributed by atoms with Crippen LogP contribution in [0.2, 0.25) is 0 Å². The zero-order chi connectivity index (χ0) is 40.8. The van der Waals surface area contributed by atoms with Gasteiger partial charge in [-0.1, -0.05) is 42.6 Å². The highest BCUT2D eigenvalue weighted by Crippen LogP contribution is 2.40. The Morgan fingerprint density at radius 1 is 0.782 bits per heavy atom. The summed E-state index contributed by atoms with van der Waals surface area (Å²) in [5, 5.41) is 22.7. The van der Waals surface area contributed by atoms with E-state index in [1.54, 1.807) is 27.1 Å². The number of fused-ring (bicyclic) bond motifs is 2. The number of alkyl halides is 6. The summed E-state index contributed by atoms with van der Waals surface area (Å²) in [5.74, 6) is 0.785. The monoisotopic (exact) mass is 857 g/mol. The Balaban J connectivity index is 0.000000218. The lowest BCUT2D eigenvalue weighted by atomic mass is 9.93. The molecule has 0 fully saturated rings. The zero-order valence-electron chi connectivity index (χ0n) is 29.6. The molecule has 55 heavy (non-hydrogen) atoms. The van der Waals surface area contributed by atoms with Crippen LogP contribution in [0.15, 0.2) is 51.6 Å². The Morgan fingerprint density at radius 3 is 1.82 bits per heavy atom. The number of azo groups is 1. The summed E-state index contributed by atoms with van der Waals surface area (Å²) in [6.45, 7) is 10.9. The number of nitrogen functional groups attached to an aromatic ring is 1. The molecule has 25 heteroatoms. The van der Waals surface area contributed by atoms with Crippen LogP contribution in [0.25, 0.3) is 0 Å². The summed E-state index contributed by atoms with van der Waals surface area (Å²) in [5.41, 5.74) is 0.337.